The summed E-state index contributed by atoms with van der Waals surface area (Å²) in [6, 6.07) is 66.9. The Morgan fingerprint density at radius 1 is 0.375 bits per heavy atom. The van der Waals surface area contributed by atoms with Crippen molar-refractivity contribution in [3.8, 4) is 39.1 Å². The first-order valence-corrected chi connectivity index (χ1v) is 27.3. The van der Waals surface area contributed by atoms with E-state index in [0.717, 1.165) is 137 Å². The summed E-state index contributed by atoms with van der Waals surface area (Å²) >= 11 is 0. The molecule has 3 nitrogen and oxygen atoms in total. The molecule has 80 heavy (non-hydrogen) atoms. The van der Waals surface area contributed by atoms with Crippen LogP contribution in [0, 0.1) is 0 Å². The molecule has 0 unspecified atom stereocenters. The summed E-state index contributed by atoms with van der Waals surface area (Å²) in [6.45, 7) is 6.18. The Bertz CT molecular complexity index is 5730. The molecule has 2 aliphatic heterocycles. The van der Waals surface area contributed by atoms with Gasteiger partial charge in [-0.2, -0.15) is 0 Å². The maximum absolute atomic E-state index is 9.40. The Kier molecular flexibility index (Phi) is 7.61. The van der Waals surface area contributed by atoms with Gasteiger partial charge in [0.2, 0.25) is 0 Å². The molecule has 12 aromatic carbocycles. The Morgan fingerprint density at radius 2 is 0.950 bits per heavy atom. The topological polar surface area (TPSA) is 12.6 Å². The van der Waals surface area contributed by atoms with E-state index in [-0.39, 0.29) is 40.7 Å². The highest BCUT2D eigenvalue weighted by Crippen LogP contribution is 2.50. The molecule has 17 rings (SSSR count). The molecular weight excluding hydrogens is 966 g/mol. The van der Waals surface area contributed by atoms with Gasteiger partial charge in [-0.3, -0.25) is 0 Å². The number of rotatable bonds is 4. The molecule has 374 valence electrons. The second-order valence-corrected chi connectivity index (χ2v) is 22.4. The van der Waals surface area contributed by atoms with Crippen LogP contribution in [0.1, 0.15) is 40.0 Å². The van der Waals surface area contributed by atoms with Gasteiger partial charge in [0.15, 0.2) is 0 Å². The summed E-state index contributed by atoms with van der Waals surface area (Å²) < 4.78 is 94.5. The fourth-order valence-corrected chi connectivity index (χ4v) is 13.6. The van der Waals surface area contributed by atoms with Crippen molar-refractivity contribution in [3.63, 3.8) is 0 Å². The first kappa shape index (κ1) is 36.2. The zero-order valence-corrected chi connectivity index (χ0v) is 44.0. The summed E-state index contributed by atoms with van der Waals surface area (Å²) in [5.74, 6) is 0. The third kappa shape index (κ3) is 6.39. The van der Waals surface area contributed by atoms with Crippen LogP contribution in [0.15, 0.2) is 261 Å². The van der Waals surface area contributed by atoms with Crippen molar-refractivity contribution in [3.05, 3.63) is 266 Å². The summed E-state index contributed by atoms with van der Waals surface area (Å²) in [4.78, 5) is 2.36. The molecule has 5 heterocycles. The number of nitrogens with zero attached hydrogens (tertiary/aromatic N) is 3. The second-order valence-electron chi connectivity index (χ2n) is 22.4. The average molecular weight is 1030 g/mol. The number of hydrogen-bond donors (Lipinski definition) is 0. The fourth-order valence-electron chi connectivity index (χ4n) is 13.6. The molecule has 0 amide bonds. The SMILES string of the molecule is [2H]c1c([2H])c([2H])c(-c2ccc3c(c2)N(c2ccc(-c4ccccc4)cc2)c2c4c(cc5c2c2cccc6c7ccccc7c7ccccc7c7ccccc7n5c62)-n2c5ccc(-c6c([2H])c([2H])c([2H])c([2H])c6[2H])cc5c5cc(C(C)(C)C)cc(c52)B34)c([2H])c1[2H]. The number of aromatic nitrogens is 2. The third-order valence-corrected chi connectivity index (χ3v) is 17.2. The van der Waals surface area contributed by atoms with Crippen molar-refractivity contribution in [1.29, 1.82) is 0 Å². The molecule has 0 atom stereocenters. The molecule has 0 aliphatic carbocycles. The van der Waals surface area contributed by atoms with E-state index in [1.807, 2.05) is 48.5 Å². The summed E-state index contributed by atoms with van der Waals surface area (Å²) in [5, 5.41) is 10.3. The monoisotopic (exact) mass is 1030 g/mol. The molecule has 0 spiro atoms. The predicted molar refractivity (Wildman–Crippen MR) is 342 cm³/mol. The zero-order chi connectivity index (χ0) is 61.7. The number of para-hydroxylation sites is 2. The lowest BCUT2D eigenvalue weighted by atomic mass is 9.33. The quantitative estimate of drug-likeness (QED) is 0.160. The first-order valence-electron chi connectivity index (χ1n) is 32.3. The maximum Gasteiger partial charge on any atom is 0.252 e. The van der Waals surface area contributed by atoms with Gasteiger partial charge in [0, 0.05) is 54.9 Å². The van der Waals surface area contributed by atoms with Crippen LogP contribution >= 0.6 is 0 Å². The Hall–Kier alpha value is -9.90. The lowest BCUT2D eigenvalue weighted by Crippen LogP contribution is -2.60. The average Bonchev–Trinajstić information content (AvgIpc) is 1.41. The lowest BCUT2D eigenvalue weighted by Gasteiger charge is -2.41. The van der Waals surface area contributed by atoms with Gasteiger partial charge in [0.1, 0.15) is 0 Å². The minimum absolute atomic E-state index is 0.106. The molecular formula is C76H52BN3. The van der Waals surface area contributed by atoms with Crippen molar-refractivity contribution in [2.45, 2.75) is 26.2 Å². The van der Waals surface area contributed by atoms with E-state index in [2.05, 4.69) is 186 Å². The molecule has 0 N–H and O–H groups in total. The van der Waals surface area contributed by atoms with Crippen LogP contribution < -0.4 is 21.3 Å². The highest BCUT2D eigenvalue weighted by Gasteiger charge is 2.44. The van der Waals surface area contributed by atoms with Crippen LogP contribution in [0.4, 0.5) is 17.1 Å². The minimum atomic E-state index is -0.459. The van der Waals surface area contributed by atoms with Gasteiger partial charge in [0.05, 0.1) is 41.5 Å². The van der Waals surface area contributed by atoms with Crippen LogP contribution in [0.5, 0.6) is 0 Å². The predicted octanol–water partition coefficient (Wildman–Crippen LogP) is 18.3. The van der Waals surface area contributed by atoms with E-state index in [1.54, 1.807) is 0 Å². The van der Waals surface area contributed by atoms with Crippen LogP contribution in [0.2, 0.25) is 0 Å². The van der Waals surface area contributed by atoms with Crippen molar-refractivity contribution >= 4 is 122 Å². The van der Waals surface area contributed by atoms with Gasteiger partial charge in [-0.1, -0.05) is 233 Å². The molecule has 0 saturated carbocycles. The van der Waals surface area contributed by atoms with E-state index in [0.29, 0.717) is 11.1 Å². The van der Waals surface area contributed by atoms with Gasteiger partial charge in [0.25, 0.3) is 6.71 Å². The molecule has 0 fully saturated rings. The zero-order valence-electron chi connectivity index (χ0n) is 54.0. The van der Waals surface area contributed by atoms with E-state index in [9.17, 15) is 5.48 Å². The largest absolute Gasteiger partial charge is 0.311 e. The minimum Gasteiger partial charge on any atom is -0.311 e. The third-order valence-electron chi connectivity index (χ3n) is 17.2. The number of anilines is 3. The molecule has 0 bridgehead atoms. The van der Waals surface area contributed by atoms with Crippen LogP contribution in [-0.2, 0) is 5.41 Å². The van der Waals surface area contributed by atoms with Gasteiger partial charge in [-0.25, -0.2) is 0 Å². The summed E-state index contributed by atoms with van der Waals surface area (Å²) in [6.07, 6.45) is 0. The van der Waals surface area contributed by atoms with Gasteiger partial charge in [-0.05, 0) is 131 Å². The van der Waals surface area contributed by atoms with E-state index in [4.69, 9.17) is 8.22 Å². The molecule has 4 heteroatoms. The van der Waals surface area contributed by atoms with Gasteiger partial charge in [-0.15, -0.1) is 0 Å². The second kappa shape index (κ2) is 16.8. The smallest absolute Gasteiger partial charge is 0.252 e. The normalized spacial score (nSPS) is 14.6. The maximum atomic E-state index is 9.40. The number of benzene rings is 12. The number of fused-ring (bicyclic) bond motifs is 18. The number of hydrogen-bond acceptors (Lipinski definition) is 1. The molecule has 0 saturated heterocycles. The Balaban J connectivity index is 1.12. The van der Waals surface area contributed by atoms with E-state index in [1.165, 1.54) is 0 Å². The summed E-state index contributed by atoms with van der Waals surface area (Å²) in [5.41, 5.74) is 15.3. The Morgan fingerprint density at radius 3 is 1.65 bits per heavy atom. The van der Waals surface area contributed by atoms with Crippen LogP contribution in [0.3, 0.4) is 0 Å². The van der Waals surface area contributed by atoms with Gasteiger partial charge < -0.3 is 13.9 Å². The van der Waals surface area contributed by atoms with Crippen LogP contribution in [0.25, 0.3) is 121 Å². The standard InChI is InChI=1S/C76H52BN3/c1-76(2,3)53-44-63-62-42-51(48-22-9-5-10-23-48)37-41-67(62)80-70-46-69-71(61-32-19-31-60-58-29-16-14-27-56(58)55-26-13-15-28-57(55)59-30-17-18-33-66(59)79(69)73(60)61)75-72(70)77(65(45-53)74(63)80)64-40-36-52(49-24-11-6-12-25-49)43-68(64)78(75)54-38-34-50(35-39-54)47-20-7-4-8-21-47/h4-46H,1-3H3/i5D,6D,9D,10D,11D,12D,22D,23D,24D,25D. The van der Waals surface area contributed by atoms with E-state index >= 15 is 0 Å². The molecule has 0 radical (unpaired) electrons. The van der Waals surface area contributed by atoms with Crippen molar-refractivity contribution in [1.82, 2.24) is 8.97 Å². The highest BCUT2D eigenvalue weighted by atomic mass is 15.2. The molecule has 3 aromatic heterocycles. The lowest BCUT2D eigenvalue weighted by molar-refractivity contribution is 0.591. The van der Waals surface area contributed by atoms with E-state index < -0.39 is 43.0 Å². The van der Waals surface area contributed by atoms with Crippen molar-refractivity contribution < 1.29 is 13.7 Å². The first-order chi connectivity index (χ1) is 43.5. The Labute approximate surface area is 478 Å². The fraction of sp³-hybridized carbons (Fsp3) is 0.0526. The molecule has 15 aromatic rings. The van der Waals surface area contributed by atoms with Gasteiger partial charge >= 0.3 is 0 Å². The molecule has 2 aliphatic rings. The van der Waals surface area contributed by atoms with Crippen molar-refractivity contribution in [2.75, 3.05) is 4.90 Å². The highest BCUT2D eigenvalue weighted by molar-refractivity contribution is 7.00. The summed E-state index contributed by atoms with van der Waals surface area (Å²) in [7, 11) is 0. The van der Waals surface area contributed by atoms with Crippen molar-refractivity contribution in [2.24, 2.45) is 0 Å². The van der Waals surface area contributed by atoms with Crippen LogP contribution in [-0.4, -0.2) is 15.7 Å².